The number of pyridine rings is 1. The molecule has 0 bridgehead atoms. The summed E-state index contributed by atoms with van der Waals surface area (Å²) in [6.07, 6.45) is 3.71. The molecule has 1 fully saturated rings. The summed E-state index contributed by atoms with van der Waals surface area (Å²) < 4.78 is 33.0. The van der Waals surface area contributed by atoms with E-state index in [4.69, 9.17) is 9.84 Å². The number of anilines is 1. The van der Waals surface area contributed by atoms with E-state index >= 15 is 0 Å². The highest BCUT2D eigenvalue weighted by molar-refractivity contribution is 5.92. The smallest absolute Gasteiger partial charge is 0.228 e. The second-order valence-electron chi connectivity index (χ2n) is 7.48. The van der Waals surface area contributed by atoms with Crippen LogP contribution in [0.5, 0.6) is 5.75 Å². The lowest BCUT2D eigenvalue weighted by atomic mass is 9.85. The number of hydrogen-bond acceptors (Lipinski definition) is 5. The Balaban J connectivity index is 1.72. The standard InChI is InChI=1S/C22H25F2N3O4/c1-31-19-10-14(23)5-6-16(19)17-11-20(25-12-18(17)24)27-22(30)13-3-2-4-15(9-13)26-21(29)7-8-28/h5-6,10-13,15,28H,2-4,7-9H2,1H3,(H,26,29)(H,25,27,30)/t13-,15+/m0/s1. The van der Waals surface area contributed by atoms with Gasteiger partial charge in [0.2, 0.25) is 11.8 Å². The minimum absolute atomic E-state index is 0.0302. The van der Waals surface area contributed by atoms with Crippen molar-refractivity contribution in [1.82, 2.24) is 10.3 Å². The highest BCUT2D eigenvalue weighted by Gasteiger charge is 2.28. The van der Waals surface area contributed by atoms with Gasteiger partial charge in [0.05, 0.1) is 19.9 Å². The van der Waals surface area contributed by atoms with Gasteiger partial charge in [0.25, 0.3) is 0 Å². The molecular formula is C22H25F2N3O4. The van der Waals surface area contributed by atoms with Crippen molar-refractivity contribution in [1.29, 1.82) is 0 Å². The molecule has 7 nitrogen and oxygen atoms in total. The number of ether oxygens (including phenoxy) is 1. The predicted octanol–water partition coefficient (Wildman–Crippen LogP) is 3.03. The van der Waals surface area contributed by atoms with Gasteiger partial charge in [-0.15, -0.1) is 0 Å². The number of aromatic nitrogens is 1. The van der Waals surface area contributed by atoms with Crippen LogP contribution in [0.1, 0.15) is 32.1 Å². The summed E-state index contributed by atoms with van der Waals surface area (Å²) in [6, 6.07) is 5.00. The number of amides is 2. The summed E-state index contributed by atoms with van der Waals surface area (Å²) in [5.74, 6) is -1.66. The van der Waals surface area contributed by atoms with Crippen LogP contribution in [0.15, 0.2) is 30.5 Å². The number of carbonyl (C=O) groups is 2. The molecule has 3 rings (SSSR count). The molecule has 0 spiro atoms. The highest BCUT2D eigenvalue weighted by Crippen LogP contribution is 2.33. The van der Waals surface area contributed by atoms with Crippen molar-refractivity contribution in [3.63, 3.8) is 0 Å². The van der Waals surface area contributed by atoms with Crippen LogP contribution in [0.25, 0.3) is 11.1 Å². The summed E-state index contributed by atoms with van der Waals surface area (Å²) in [5, 5.41) is 14.4. The maximum Gasteiger partial charge on any atom is 0.228 e. The normalized spacial score (nSPS) is 18.3. The second kappa shape index (κ2) is 10.3. The molecule has 1 aromatic carbocycles. The number of halogens is 2. The summed E-state index contributed by atoms with van der Waals surface area (Å²) >= 11 is 0. The van der Waals surface area contributed by atoms with Gasteiger partial charge in [-0.25, -0.2) is 13.8 Å². The number of aliphatic hydroxyl groups is 1. The number of rotatable bonds is 7. The molecule has 31 heavy (non-hydrogen) atoms. The zero-order valence-electron chi connectivity index (χ0n) is 17.2. The summed E-state index contributed by atoms with van der Waals surface area (Å²) in [5.41, 5.74) is 0.462. The Morgan fingerprint density at radius 1 is 1.23 bits per heavy atom. The third-order valence-corrected chi connectivity index (χ3v) is 5.31. The van der Waals surface area contributed by atoms with Crippen LogP contribution in [0.4, 0.5) is 14.6 Å². The van der Waals surface area contributed by atoms with Gasteiger partial charge in [-0.2, -0.15) is 0 Å². The molecule has 1 aliphatic carbocycles. The van der Waals surface area contributed by atoms with E-state index in [9.17, 15) is 18.4 Å². The van der Waals surface area contributed by atoms with E-state index in [0.717, 1.165) is 25.1 Å². The largest absolute Gasteiger partial charge is 0.496 e. The maximum atomic E-state index is 14.4. The van der Waals surface area contributed by atoms with Crippen LogP contribution in [0.2, 0.25) is 0 Å². The molecule has 9 heteroatoms. The monoisotopic (exact) mass is 433 g/mol. The molecular weight excluding hydrogens is 408 g/mol. The Hall–Kier alpha value is -3.07. The minimum atomic E-state index is -0.632. The van der Waals surface area contributed by atoms with E-state index < -0.39 is 11.6 Å². The molecule has 1 aliphatic rings. The molecule has 3 N–H and O–H groups in total. The first-order chi connectivity index (χ1) is 14.9. The van der Waals surface area contributed by atoms with Crippen LogP contribution >= 0.6 is 0 Å². The van der Waals surface area contributed by atoms with Gasteiger partial charge in [0.15, 0.2) is 0 Å². The van der Waals surface area contributed by atoms with Crippen molar-refractivity contribution in [3.05, 3.63) is 42.1 Å². The van der Waals surface area contributed by atoms with E-state index in [1.54, 1.807) is 0 Å². The number of nitrogens with one attached hydrogen (secondary N) is 2. The van der Waals surface area contributed by atoms with E-state index in [-0.39, 0.29) is 53.9 Å². The lowest BCUT2D eigenvalue weighted by Gasteiger charge is -2.29. The predicted molar refractivity (Wildman–Crippen MR) is 110 cm³/mol. The first-order valence-corrected chi connectivity index (χ1v) is 10.1. The molecule has 1 heterocycles. The van der Waals surface area contributed by atoms with Crippen LogP contribution in [-0.2, 0) is 9.59 Å². The van der Waals surface area contributed by atoms with E-state index in [0.29, 0.717) is 18.4 Å². The van der Waals surface area contributed by atoms with Crippen molar-refractivity contribution >= 4 is 17.6 Å². The number of carbonyl (C=O) groups excluding carboxylic acids is 2. The van der Waals surface area contributed by atoms with Gasteiger partial charge < -0.3 is 20.5 Å². The first-order valence-electron chi connectivity index (χ1n) is 10.1. The molecule has 2 atom stereocenters. The quantitative estimate of drug-likeness (QED) is 0.623. The average molecular weight is 433 g/mol. The Morgan fingerprint density at radius 2 is 2.03 bits per heavy atom. The molecule has 0 unspecified atom stereocenters. The van der Waals surface area contributed by atoms with Gasteiger partial charge in [-0.1, -0.05) is 6.42 Å². The van der Waals surface area contributed by atoms with Crippen molar-refractivity contribution in [3.8, 4) is 16.9 Å². The first kappa shape index (κ1) is 22.6. The molecule has 2 aromatic rings. The van der Waals surface area contributed by atoms with Crippen LogP contribution in [-0.4, -0.2) is 41.7 Å². The fourth-order valence-corrected chi connectivity index (χ4v) is 3.79. The Morgan fingerprint density at radius 3 is 2.77 bits per heavy atom. The molecule has 2 amide bonds. The Bertz CT molecular complexity index is 954. The van der Waals surface area contributed by atoms with Gasteiger partial charge in [-0.05, 0) is 37.5 Å². The molecule has 0 radical (unpaired) electrons. The topological polar surface area (TPSA) is 101 Å². The Labute approximate surface area is 178 Å². The summed E-state index contributed by atoms with van der Waals surface area (Å²) in [6.45, 7) is -0.222. The summed E-state index contributed by atoms with van der Waals surface area (Å²) in [7, 11) is 1.36. The molecule has 1 saturated carbocycles. The van der Waals surface area contributed by atoms with Crippen molar-refractivity contribution < 1.29 is 28.2 Å². The van der Waals surface area contributed by atoms with Crippen LogP contribution in [0, 0.1) is 17.6 Å². The van der Waals surface area contributed by atoms with Gasteiger partial charge >= 0.3 is 0 Å². The number of methoxy groups -OCH3 is 1. The molecule has 0 saturated heterocycles. The fourth-order valence-electron chi connectivity index (χ4n) is 3.79. The summed E-state index contributed by atoms with van der Waals surface area (Å²) in [4.78, 5) is 28.4. The second-order valence-corrected chi connectivity index (χ2v) is 7.48. The third kappa shape index (κ3) is 5.75. The van der Waals surface area contributed by atoms with Crippen molar-refractivity contribution in [2.45, 2.75) is 38.1 Å². The molecule has 0 aliphatic heterocycles. The van der Waals surface area contributed by atoms with Gasteiger partial charge in [-0.3, -0.25) is 9.59 Å². The third-order valence-electron chi connectivity index (χ3n) is 5.31. The lowest BCUT2D eigenvalue weighted by molar-refractivity contribution is -0.125. The number of hydrogen-bond donors (Lipinski definition) is 3. The van der Waals surface area contributed by atoms with Crippen molar-refractivity contribution in [2.75, 3.05) is 19.0 Å². The number of nitrogens with zero attached hydrogens (tertiary/aromatic N) is 1. The molecule has 1 aromatic heterocycles. The minimum Gasteiger partial charge on any atom is -0.496 e. The maximum absolute atomic E-state index is 14.4. The van der Waals surface area contributed by atoms with Crippen molar-refractivity contribution in [2.24, 2.45) is 5.92 Å². The lowest BCUT2D eigenvalue weighted by Crippen LogP contribution is -2.41. The average Bonchev–Trinajstić information content (AvgIpc) is 2.75. The zero-order valence-corrected chi connectivity index (χ0v) is 17.2. The van der Waals surface area contributed by atoms with E-state index in [2.05, 4.69) is 15.6 Å². The Kier molecular flexibility index (Phi) is 7.51. The SMILES string of the molecule is COc1cc(F)ccc1-c1cc(NC(=O)[C@H]2CCC[C@@H](NC(=O)CCO)C2)ncc1F. The molecule has 166 valence electrons. The van der Waals surface area contributed by atoms with Gasteiger partial charge in [0.1, 0.15) is 23.2 Å². The fraction of sp³-hybridized carbons (Fsp3) is 0.409. The van der Waals surface area contributed by atoms with Crippen LogP contribution < -0.4 is 15.4 Å². The number of aliphatic hydroxyl groups excluding tert-OH is 1. The van der Waals surface area contributed by atoms with E-state index in [1.807, 2.05) is 0 Å². The highest BCUT2D eigenvalue weighted by atomic mass is 19.1. The number of benzene rings is 1. The van der Waals surface area contributed by atoms with Crippen LogP contribution in [0.3, 0.4) is 0 Å². The zero-order chi connectivity index (χ0) is 22.4. The van der Waals surface area contributed by atoms with E-state index in [1.165, 1.54) is 25.3 Å². The van der Waals surface area contributed by atoms with Gasteiger partial charge in [0, 0.05) is 35.6 Å².